The van der Waals surface area contributed by atoms with Gasteiger partial charge >= 0.3 is 0 Å². The van der Waals surface area contributed by atoms with E-state index in [2.05, 4.69) is 5.32 Å². The van der Waals surface area contributed by atoms with E-state index in [0.29, 0.717) is 0 Å². The summed E-state index contributed by atoms with van der Waals surface area (Å²) in [4.78, 5) is 0. The van der Waals surface area contributed by atoms with Crippen molar-refractivity contribution in [1.82, 2.24) is 5.32 Å². The fourth-order valence-corrected chi connectivity index (χ4v) is 0.577. The van der Waals surface area contributed by atoms with E-state index in [4.69, 9.17) is 10.8 Å². The predicted octanol–water partition coefficient (Wildman–Crippen LogP) is 0.0401. The number of hydrogen-bond acceptors (Lipinski definition) is 3. The lowest BCUT2D eigenvalue weighted by Crippen LogP contribution is -2.53. The third-order valence-corrected chi connectivity index (χ3v) is 1.61. The lowest BCUT2D eigenvalue weighted by molar-refractivity contribution is 0.128. The van der Waals surface area contributed by atoms with Gasteiger partial charge in [-0.05, 0) is 27.7 Å². The Morgan fingerprint density at radius 3 is 1.90 bits per heavy atom. The predicted molar refractivity (Wildman–Crippen MR) is 42.5 cm³/mol. The average Bonchev–Trinajstić information content (AvgIpc) is 1.60. The fraction of sp³-hybridized carbons (Fsp3) is 1.00. The van der Waals surface area contributed by atoms with Crippen LogP contribution in [0.3, 0.4) is 0 Å². The second-order valence-corrected chi connectivity index (χ2v) is 3.39. The van der Waals surface area contributed by atoms with Gasteiger partial charge in [-0.1, -0.05) is 0 Å². The molecule has 0 rings (SSSR count). The lowest BCUT2D eigenvalue weighted by Gasteiger charge is -2.29. The summed E-state index contributed by atoms with van der Waals surface area (Å²) in [6.07, 6.45) is -0.488. The average molecular weight is 146 g/mol. The Bertz CT molecular complexity index is 96.3. The fourth-order valence-electron chi connectivity index (χ4n) is 0.577. The van der Waals surface area contributed by atoms with Gasteiger partial charge in [-0.3, -0.25) is 5.32 Å². The molecule has 0 aliphatic heterocycles. The number of aliphatic hydroxyl groups excluding tert-OH is 1. The molecule has 0 aliphatic rings. The lowest BCUT2D eigenvalue weighted by atomic mass is 9.98. The van der Waals surface area contributed by atoms with E-state index < -0.39 is 6.23 Å². The van der Waals surface area contributed by atoms with Gasteiger partial charge in [0.05, 0.1) is 0 Å². The molecular formula is C7H18N2O. The normalized spacial score (nSPS) is 18.6. The van der Waals surface area contributed by atoms with Gasteiger partial charge < -0.3 is 10.8 Å². The molecule has 0 aliphatic carbocycles. The first kappa shape index (κ1) is 9.88. The van der Waals surface area contributed by atoms with E-state index in [1.807, 2.05) is 20.8 Å². The Kier molecular flexibility index (Phi) is 3.28. The van der Waals surface area contributed by atoms with Gasteiger partial charge in [-0.15, -0.1) is 0 Å². The highest BCUT2D eigenvalue weighted by molar-refractivity contribution is 4.84. The van der Waals surface area contributed by atoms with Crippen molar-refractivity contribution in [3.8, 4) is 0 Å². The summed E-state index contributed by atoms with van der Waals surface area (Å²) in [6, 6.07) is 0.118. The van der Waals surface area contributed by atoms with E-state index >= 15 is 0 Å². The molecule has 3 heteroatoms. The number of nitrogens with two attached hydrogens (primary N) is 1. The molecule has 0 heterocycles. The van der Waals surface area contributed by atoms with Gasteiger partial charge in [-0.25, -0.2) is 0 Å². The molecule has 0 saturated heterocycles. The Balaban J connectivity index is 3.73. The molecule has 62 valence electrons. The standard InChI is InChI=1S/C7H18N2O/c1-5(7(3,4)8)9-6(2)10/h5-6,9-10H,8H2,1-4H3. The zero-order chi connectivity index (χ0) is 8.36. The summed E-state index contributed by atoms with van der Waals surface area (Å²) in [5, 5.41) is 11.8. The van der Waals surface area contributed by atoms with E-state index in [0.717, 1.165) is 0 Å². The van der Waals surface area contributed by atoms with Crippen molar-refractivity contribution in [2.75, 3.05) is 0 Å². The molecule has 2 atom stereocenters. The maximum Gasteiger partial charge on any atom is 0.102 e. The molecule has 0 radical (unpaired) electrons. The highest BCUT2D eigenvalue weighted by Gasteiger charge is 2.20. The zero-order valence-corrected chi connectivity index (χ0v) is 7.18. The SMILES string of the molecule is CC(O)NC(C)C(C)(C)N. The summed E-state index contributed by atoms with van der Waals surface area (Å²) < 4.78 is 0. The van der Waals surface area contributed by atoms with Crippen molar-refractivity contribution in [3.05, 3.63) is 0 Å². The number of rotatable bonds is 3. The Hall–Kier alpha value is -0.120. The van der Waals surface area contributed by atoms with E-state index in [9.17, 15) is 0 Å². The molecule has 0 fully saturated rings. The minimum absolute atomic E-state index is 0.118. The molecule has 0 spiro atoms. The maximum atomic E-state index is 8.92. The van der Waals surface area contributed by atoms with E-state index in [-0.39, 0.29) is 11.6 Å². The monoisotopic (exact) mass is 146 g/mol. The van der Waals surface area contributed by atoms with Gasteiger partial charge in [0.2, 0.25) is 0 Å². The Labute approximate surface area is 62.6 Å². The van der Waals surface area contributed by atoms with Crippen molar-refractivity contribution in [1.29, 1.82) is 0 Å². The minimum Gasteiger partial charge on any atom is -0.379 e. The van der Waals surface area contributed by atoms with Crippen LogP contribution in [0.15, 0.2) is 0 Å². The van der Waals surface area contributed by atoms with Gasteiger partial charge in [0.1, 0.15) is 6.23 Å². The van der Waals surface area contributed by atoms with Crippen LogP contribution in [-0.4, -0.2) is 22.9 Å². The molecule has 4 N–H and O–H groups in total. The largest absolute Gasteiger partial charge is 0.379 e. The van der Waals surface area contributed by atoms with E-state index in [1.165, 1.54) is 0 Å². The van der Waals surface area contributed by atoms with Crippen molar-refractivity contribution < 1.29 is 5.11 Å². The summed E-state index contributed by atoms with van der Waals surface area (Å²) in [6.45, 7) is 7.48. The highest BCUT2D eigenvalue weighted by atomic mass is 16.3. The van der Waals surface area contributed by atoms with Crippen molar-refractivity contribution in [2.24, 2.45) is 5.73 Å². The first-order valence-corrected chi connectivity index (χ1v) is 3.57. The second-order valence-electron chi connectivity index (χ2n) is 3.39. The molecule has 2 unspecified atom stereocenters. The zero-order valence-electron chi connectivity index (χ0n) is 7.18. The summed E-state index contributed by atoms with van der Waals surface area (Å²) >= 11 is 0. The van der Waals surface area contributed by atoms with Crippen LogP contribution in [0, 0.1) is 0 Å². The van der Waals surface area contributed by atoms with Crippen LogP contribution in [0.5, 0.6) is 0 Å². The number of nitrogens with one attached hydrogen (secondary N) is 1. The van der Waals surface area contributed by atoms with Crippen molar-refractivity contribution in [3.63, 3.8) is 0 Å². The molecule has 0 saturated carbocycles. The van der Waals surface area contributed by atoms with Crippen LogP contribution in [0.1, 0.15) is 27.7 Å². The number of aliphatic hydroxyl groups is 1. The minimum atomic E-state index is -0.488. The molecule has 0 aromatic carbocycles. The van der Waals surface area contributed by atoms with Crippen LogP contribution in [0.4, 0.5) is 0 Å². The molecular weight excluding hydrogens is 128 g/mol. The molecule has 0 aromatic rings. The Morgan fingerprint density at radius 1 is 1.40 bits per heavy atom. The Morgan fingerprint density at radius 2 is 1.80 bits per heavy atom. The van der Waals surface area contributed by atoms with Crippen LogP contribution in [0.2, 0.25) is 0 Å². The third kappa shape index (κ3) is 3.82. The smallest absolute Gasteiger partial charge is 0.102 e. The first-order chi connectivity index (χ1) is 4.34. The van der Waals surface area contributed by atoms with Crippen LogP contribution in [0.25, 0.3) is 0 Å². The molecule has 0 bridgehead atoms. The van der Waals surface area contributed by atoms with Crippen molar-refractivity contribution >= 4 is 0 Å². The molecule has 3 nitrogen and oxygen atoms in total. The summed E-state index contributed by atoms with van der Waals surface area (Å²) in [5.74, 6) is 0. The molecule has 10 heavy (non-hydrogen) atoms. The quantitative estimate of drug-likeness (QED) is 0.493. The first-order valence-electron chi connectivity index (χ1n) is 3.57. The summed E-state index contributed by atoms with van der Waals surface area (Å²) in [5.41, 5.74) is 5.47. The van der Waals surface area contributed by atoms with Gasteiger partial charge in [-0.2, -0.15) is 0 Å². The van der Waals surface area contributed by atoms with Gasteiger partial charge in [0.15, 0.2) is 0 Å². The number of hydrogen-bond donors (Lipinski definition) is 3. The van der Waals surface area contributed by atoms with Gasteiger partial charge in [0.25, 0.3) is 0 Å². The maximum absolute atomic E-state index is 8.92. The molecule has 0 amide bonds. The van der Waals surface area contributed by atoms with Crippen LogP contribution >= 0.6 is 0 Å². The van der Waals surface area contributed by atoms with Crippen LogP contribution < -0.4 is 11.1 Å². The van der Waals surface area contributed by atoms with Crippen molar-refractivity contribution in [2.45, 2.75) is 45.5 Å². The second kappa shape index (κ2) is 3.32. The topological polar surface area (TPSA) is 58.3 Å². The van der Waals surface area contributed by atoms with Crippen LogP contribution in [-0.2, 0) is 0 Å². The van der Waals surface area contributed by atoms with Gasteiger partial charge in [0, 0.05) is 11.6 Å². The third-order valence-electron chi connectivity index (χ3n) is 1.61. The summed E-state index contributed by atoms with van der Waals surface area (Å²) in [7, 11) is 0. The highest BCUT2D eigenvalue weighted by Crippen LogP contribution is 2.03. The van der Waals surface area contributed by atoms with E-state index in [1.54, 1.807) is 6.92 Å². The molecule has 0 aromatic heterocycles.